The molecule has 0 spiro atoms. The standard InChI is InChI=1S/C26H38N4O5/c1-19-8-5-6-9-20(19)18-26(24(33)30(25(34)27-26)15-7-14-28(2)3)21-12-16-29(17-13-21)22(31)10-11-23(32)35-4/h5-6,8-9,21H,7,10-18H2,1-4H3,(H,27,34)/t26-/m0/s1. The number of aryl methyl sites for hydroxylation is 1. The van der Waals surface area contributed by atoms with E-state index in [-0.39, 0.29) is 36.6 Å². The number of amides is 4. The van der Waals surface area contributed by atoms with Crippen molar-refractivity contribution in [3.05, 3.63) is 35.4 Å². The maximum Gasteiger partial charge on any atom is 0.325 e. The second kappa shape index (κ2) is 11.7. The summed E-state index contributed by atoms with van der Waals surface area (Å²) in [5.41, 5.74) is 1.09. The van der Waals surface area contributed by atoms with Gasteiger partial charge in [-0.25, -0.2) is 4.79 Å². The van der Waals surface area contributed by atoms with Gasteiger partial charge in [-0.05, 0) is 63.9 Å². The van der Waals surface area contributed by atoms with E-state index < -0.39 is 11.5 Å². The van der Waals surface area contributed by atoms with Crippen molar-refractivity contribution in [3.63, 3.8) is 0 Å². The fourth-order valence-electron chi connectivity index (χ4n) is 5.13. The zero-order valence-electron chi connectivity index (χ0n) is 21.3. The molecule has 35 heavy (non-hydrogen) atoms. The number of carbonyl (C=O) groups excluding carboxylic acids is 4. The van der Waals surface area contributed by atoms with Crippen LogP contribution in [0.25, 0.3) is 0 Å². The molecule has 9 nitrogen and oxygen atoms in total. The normalized spacial score (nSPS) is 20.9. The summed E-state index contributed by atoms with van der Waals surface area (Å²) in [6.45, 7) is 4.16. The van der Waals surface area contributed by atoms with Gasteiger partial charge in [0.1, 0.15) is 5.54 Å². The Kier molecular flexibility index (Phi) is 8.88. The Labute approximate surface area is 207 Å². The van der Waals surface area contributed by atoms with Gasteiger partial charge in [-0.15, -0.1) is 0 Å². The first-order valence-electron chi connectivity index (χ1n) is 12.4. The van der Waals surface area contributed by atoms with Gasteiger partial charge < -0.3 is 19.9 Å². The summed E-state index contributed by atoms with van der Waals surface area (Å²) in [5.74, 6) is -0.755. The van der Waals surface area contributed by atoms with Crippen LogP contribution in [-0.2, 0) is 25.5 Å². The summed E-state index contributed by atoms with van der Waals surface area (Å²) in [6.07, 6.45) is 2.51. The Morgan fingerprint density at radius 2 is 1.83 bits per heavy atom. The molecule has 0 aromatic heterocycles. The van der Waals surface area contributed by atoms with Crippen molar-refractivity contribution in [1.82, 2.24) is 20.0 Å². The zero-order valence-corrected chi connectivity index (χ0v) is 21.3. The van der Waals surface area contributed by atoms with E-state index in [0.29, 0.717) is 45.3 Å². The third-order valence-electron chi connectivity index (χ3n) is 7.23. The van der Waals surface area contributed by atoms with E-state index in [4.69, 9.17) is 0 Å². The van der Waals surface area contributed by atoms with Crippen LogP contribution < -0.4 is 5.32 Å². The summed E-state index contributed by atoms with van der Waals surface area (Å²) in [6, 6.07) is 7.61. The Morgan fingerprint density at radius 1 is 1.14 bits per heavy atom. The average molecular weight is 487 g/mol. The molecule has 0 unspecified atom stereocenters. The van der Waals surface area contributed by atoms with Gasteiger partial charge in [0.15, 0.2) is 0 Å². The Hall–Kier alpha value is -2.94. The smallest absolute Gasteiger partial charge is 0.325 e. The van der Waals surface area contributed by atoms with Crippen molar-refractivity contribution in [2.45, 2.75) is 51.0 Å². The van der Waals surface area contributed by atoms with Gasteiger partial charge in [0.25, 0.3) is 5.91 Å². The van der Waals surface area contributed by atoms with E-state index >= 15 is 0 Å². The average Bonchev–Trinajstić information content (AvgIpc) is 3.08. The highest BCUT2D eigenvalue weighted by Gasteiger charge is 2.55. The van der Waals surface area contributed by atoms with E-state index in [1.165, 1.54) is 12.0 Å². The second-order valence-corrected chi connectivity index (χ2v) is 9.85. The number of esters is 1. The van der Waals surface area contributed by atoms with Crippen LogP contribution in [0.4, 0.5) is 4.79 Å². The predicted octanol–water partition coefficient (Wildman–Crippen LogP) is 1.97. The molecule has 1 aromatic carbocycles. The van der Waals surface area contributed by atoms with Gasteiger partial charge in [0.2, 0.25) is 5.91 Å². The van der Waals surface area contributed by atoms with E-state index in [9.17, 15) is 19.2 Å². The van der Waals surface area contributed by atoms with Gasteiger partial charge in [-0.3, -0.25) is 19.3 Å². The topological polar surface area (TPSA) is 99.3 Å². The van der Waals surface area contributed by atoms with Gasteiger partial charge in [-0.2, -0.15) is 0 Å². The van der Waals surface area contributed by atoms with Gasteiger partial charge in [0, 0.05) is 32.5 Å². The third kappa shape index (κ3) is 6.20. The minimum absolute atomic E-state index is 0.0585. The summed E-state index contributed by atoms with van der Waals surface area (Å²) in [7, 11) is 5.24. The van der Waals surface area contributed by atoms with E-state index in [0.717, 1.165) is 17.7 Å². The summed E-state index contributed by atoms with van der Waals surface area (Å²) in [4.78, 5) is 56.0. The van der Waals surface area contributed by atoms with E-state index in [1.807, 2.05) is 50.2 Å². The molecule has 0 bridgehead atoms. The molecule has 2 aliphatic rings. The fraction of sp³-hybridized carbons (Fsp3) is 0.615. The highest BCUT2D eigenvalue weighted by atomic mass is 16.5. The van der Waals surface area contributed by atoms with Crippen molar-refractivity contribution >= 4 is 23.8 Å². The number of ether oxygens (including phenoxy) is 1. The molecule has 9 heteroatoms. The van der Waals surface area contributed by atoms with E-state index in [2.05, 4.69) is 10.1 Å². The summed E-state index contributed by atoms with van der Waals surface area (Å²) < 4.78 is 4.63. The molecule has 2 heterocycles. The quantitative estimate of drug-likeness (QED) is 0.401. The molecular formula is C26H38N4O5. The number of likely N-dealkylation sites (tertiary alicyclic amines) is 1. The minimum atomic E-state index is -1.03. The fourth-order valence-corrected chi connectivity index (χ4v) is 5.13. The monoisotopic (exact) mass is 486 g/mol. The number of hydrogen-bond acceptors (Lipinski definition) is 6. The molecule has 2 saturated heterocycles. The molecule has 192 valence electrons. The molecule has 0 aliphatic carbocycles. The van der Waals surface area contributed by atoms with Crippen LogP contribution in [0.3, 0.4) is 0 Å². The number of piperidine rings is 1. The maximum atomic E-state index is 13.9. The summed E-state index contributed by atoms with van der Waals surface area (Å²) >= 11 is 0. The highest BCUT2D eigenvalue weighted by Crippen LogP contribution is 2.37. The van der Waals surface area contributed by atoms with Crippen molar-refractivity contribution < 1.29 is 23.9 Å². The molecule has 1 atom stereocenters. The Bertz CT molecular complexity index is 941. The van der Waals surface area contributed by atoms with Gasteiger partial charge >= 0.3 is 12.0 Å². The van der Waals surface area contributed by atoms with E-state index in [1.54, 1.807) is 4.90 Å². The number of urea groups is 1. The van der Waals surface area contributed by atoms with Crippen LogP contribution in [-0.4, -0.2) is 91.4 Å². The molecule has 0 radical (unpaired) electrons. The lowest BCUT2D eigenvalue weighted by atomic mass is 9.73. The molecule has 1 aromatic rings. The minimum Gasteiger partial charge on any atom is -0.469 e. The summed E-state index contributed by atoms with van der Waals surface area (Å²) in [5, 5.41) is 3.10. The van der Waals surface area contributed by atoms with Crippen molar-refractivity contribution in [2.24, 2.45) is 5.92 Å². The second-order valence-electron chi connectivity index (χ2n) is 9.85. The number of carbonyl (C=O) groups is 4. The Morgan fingerprint density at radius 3 is 2.46 bits per heavy atom. The first-order valence-corrected chi connectivity index (χ1v) is 12.4. The molecule has 0 saturated carbocycles. The molecular weight excluding hydrogens is 448 g/mol. The number of hydrogen-bond donors (Lipinski definition) is 1. The van der Waals surface area contributed by atoms with Crippen molar-refractivity contribution in [2.75, 3.05) is 47.4 Å². The SMILES string of the molecule is COC(=O)CCC(=O)N1CCC([C@]2(Cc3ccccc3C)NC(=O)N(CCCN(C)C)C2=O)CC1. The van der Waals surface area contributed by atoms with Crippen molar-refractivity contribution in [1.29, 1.82) is 0 Å². The molecule has 3 rings (SSSR count). The van der Waals surface area contributed by atoms with Gasteiger partial charge in [0.05, 0.1) is 13.5 Å². The van der Waals surface area contributed by atoms with Crippen LogP contribution in [0.1, 0.15) is 43.2 Å². The zero-order chi connectivity index (χ0) is 25.6. The van der Waals surface area contributed by atoms with Crippen LogP contribution >= 0.6 is 0 Å². The maximum absolute atomic E-state index is 13.9. The number of benzene rings is 1. The number of nitrogens with one attached hydrogen (secondary N) is 1. The number of methoxy groups -OCH3 is 1. The number of nitrogens with zero attached hydrogens (tertiary/aromatic N) is 3. The number of rotatable bonds is 10. The first kappa shape index (κ1) is 26.7. The molecule has 2 aliphatic heterocycles. The van der Waals surface area contributed by atoms with Crippen molar-refractivity contribution in [3.8, 4) is 0 Å². The van der Waals surface area contributed by atoms with Gasteiger partial charge in [-0.1, -0.05) is 24.3 Å². The van der Waals surface area contributed by atoms with Crippen LogP contribution in [0.15, 0.2) is 24.3 Å². The van der Waals surface area contributed by atoms with Crippen LogP contribution in [0.5, 0.6) is 0 Å². The largest absolute Gasteiger partial charge is 0.469 e. The van der Waals surface area contributed by atoms with Crippen LogP contribution in [0.2, 0.25) is 0 Å². The van der Waals surface area contributed by atoms with Crippen LogP contribution in [0, 0.1) is 12.8 Å². The predicted molar refractivity (Wildman–Crippen MR) is 132 cm³/mol. The first-order chi connectivity index (χ1) is 16.7. The Balaban J connectivity index is 1.77. The lowest BCUT2D eigenvalue weighted by molar-refractivity contribution is -0.144. The third-order valence-corrected chi connectivity index (χ3v) is 7.23. The number of imide groups is 1. The lowest BCUT2D eigenvalue weighted by Crippen LogP contribution is -2.58. The highest BCUT2D eigenvalue weighted by molar-refractivity contribution is 6.07. The molecule has 4 amide bonds. The molecule has 2 fully saturated rings. The molecule has 1 N–H and O–H groups in total. The lowest BCUT2D eigenvalue weighted by Gasteiger charge is -2.41.